The Balaban J connectivity index is 1.93. The maximum Gasteiger partial charge on any atom is 0.0194 e. The van der Waals surface area contributed by atoms with E-state index in [2.05, 4.69) is 87.9 Å². The van der Waals surface area contributed by atoms with E-state index < -0.39 is 0 Å². The highest BCUT2D eigenvalue weighted by atomic mass is 14.6. The maximum absolute atomic E-state index is 4.81. The molecule has 0 N–H and O–H groups in total. The van der Waals surface area contributed by atoms with Gasteiger partial charge >= 0.3 is 0 Å². The van der Waals surface area contributed by atoms with E-state index in [-0.39, 0.29) is 16.2 Å². The first-order valence-electron chi connectivity index (χ1n) is 13.5. The smallest absolute Gasteiger partial charge is 0.0194 e. The molecule has 1 aromatic carbocycles. The predicted octanol–water partition coefficient (Wildman–Crippen LogP) is 10.1. The zero-order valence-electron chi connectivity index (χ0n) is 24.3. The fourth-order valence-electron chi connectivity index (χ4n) is 8.35. The van der Waals surface area contributed by atoms with Crippen LogP contribution in [0.15, 0.2) is 65.3 Å². The molecule has 0 unspecified atom stereocenters. The number of benzene rings is 1. The van der Waals surface area contributed by atoms with Crippen molar-refractivity contribution in [1.29, 1.82) is 0 Å². The molecule has 0 bridgehead atoms. The van der Waals surface area contributed by atoms with Gasteiger partial charge in [0.1, 0.15) is 0 Å². The fraction of sp³-hybridized carbons (Fsp3) is 0.543. The molecule has 0 saturated heterocycles. The van der Waals surface area contributed by atoms with Gasteiger partial charge in [0.2, 0.25) is 0 Å². The highest BCUT2D eigenvalue weighted by Crippen LogP contribution is 2.70. The lowest BCUT2D eigenvalue weighted by molar-refractivity contribution is 0.0543. The number of allylic oxidation sites excluding steroid dienone is 7. The van der Waals surface area contributed by atoms with E-state index in [0.717, 1.165) is 31.3 Å². The molecule has 0 aliphatic heterocycles. The van der Waals surface area contributed by atoms with Crippen molar-refractivity contribution in [2.24, 2.45) is 21.7 Å². The lowest BCUT2D eigenvalue weighted by atomic mass is 9.41. The highest BCUT2D eigenvalue weighted by Gasteiger charge is 2.59. The summed E-state index contributed by atoms with van der Waals surface area (Å²) in [6.45, 7) is 37.6. The molecule has 3 atom stereocenters. The Morgan fingerprint density at radius 2 is 1.63 bits per heavy atom. The molecule has 188 valence electrons. The molecule has 0 heteroatoms. The predicted molar refractivity (Wildman–Crippen MR) is 155 cm³/mol. The number of aryl methyl sites for hydroxylation is 2. The molecule has 1 aromatic rings. The largest absolute Gasteiger partial charge is 0.0955 e. The topological polar surface area (TPSA) is 0 Å². The lowest BCUT2D eigenvalue weighted by Crippen LogP contribution is -2.52. The van der Waals surface area contributed by atoms with E-state index >= 15 is 0 Å². The normalized spacial score (nSPS) is 30.8. The van der Waals surface area contributed by atoms with Gasteiger partial charge in [-0.2, -0.15) is 0 Å². The molecule has 0 amide bonds. The van der Waals surface area contributed by atoms with Crippen LogP contribution in [0.5, 0.6) is 0 Å². The molecule has 0 saturated carbocycles. The van der Waals surface area contributed by atoms with Gasteiger partial charge in [-0.1, -0.05) is 90.1 Å². The Labute approximate surface area is 216 Å². The van der Waals surface area contributed by atoms with Gasteiger partial charge in [-0.15, -0.1) is 0 Å². The van der Waals surface area contributed by atoms with Crippen LogP contribution in [0.1, 0.15) is 104 Å². The summed E-state index contributed by atoms with van der Waals surface area (Å²) in [4.78, 5) is 0. The lowest BCUT2D eigenvalue weighted by Gasteiger charge is -2.62. The van der Waals surface area contributed by atoms with E-state index in [1.165, 1.54) is 56.5 Å². The molecule has 4 rings (SSSR count). The first-order chi connectivity index (χ1) is 16.0. The average Bonchev–Trinajstić information content (AvgIpc) is 2.68. The number of hydrogen-bond donors (Lipinski definition) is 0. The minimum absolute atomic E-state index is 0.0895. The van der Waals surface area contributed by atoms with Gasteiger partial charge in [-0.05, 0) is 121 Å². The Bertz CT molecular complexity index is 1220. The summed E-state index contributed by atoms with van der Waals surface area (Å²) >= 11 is 0. The van der Waals surface area contributed by atoms with Gasteiger partial charge in [0.05, 0.1) is 0 Å². The second kappa shape index (κ2) is 7.96. The average molecular weight is 469 g/mol. The van der Waals surface area contributed by atoms with Crippen molar-refractivity contribution in [1.82, 2.24) is 0 Å². The fourth-order valence-corrected chi connectivity index (χ4v) is 8.35. The molecule has 0 nitrogen and oxygen atoms in total. The zero-order valence-corrected chi connectivity index (χ0v) is 24.3. The van der Waals surface area contributed by atoms with Gasteiger partial charge in [0, 0.05) is 5.41 Å². The molecule has 3 aliphatic rings. The van der Waals surface area contributed by atoms with Crippen molar-refractivity contribution >= 4 is 5.57 Å². The SMILES string of the molecule is C=C(C)C1=C(C)C[C@@]2(C)C[C@@]3(C)Cc4c(CCC(C)(C)C)ccc(C)c4C(=C)C3=C(C)[C@@]2(C)C1=C. The van der Waals surface area contributed by atoms with E-state index in [4.69, 9.17) is 13.2 Å². The van der Waals surface area contributed by atoms with Crippen LogP contribution in [0.3, 0.4) is 0 Å². The molecule has 0 heterocycles. The number of hydrogen-bond acceptors (Lipinski definition) is 0. The van der Waals surface area contributed by atoms with Crippen LogP contribution >= 0.6 is 0 Å². The summed E-state index contributed by atoms with van der Waals surface area (Å²) in [5.41, 5.74) is 15.8. The highest BCUT2D eigenvalue weighted by molar-refractivity contribution is 5.87. The van der Waals surface area contributed by atoms with Crippen LogP contribution in [0.2, 0.25) is 0 Å². The Kier molecular flexibility index (Phi) is 5.91. The molecule has 0 spiro atoms. The van der Waals surface area contributed by atoms with Crippen LogP contribution < -0.4 is 0 Å². The monoisotopic (exact) mass is 468 g/mol. The third-order valence-electron chi connectivity index (χ3n) is 10.1. The van der Waals surface area contributed by atoms with Crippen molar-refractivity contribution in [3.8, 4) is 0 Å². The molecule has 0 fully saturated rings. The summed E-state index contributed by atoms with van der Waals surface area (Å²) in [6, 6.07) is 4.74. The quantitative estimate of drug-likeness (QED) is 0.414. The molecule has 3 aliphatic carbocycles. The standard InChI is InChI=1S/C35H48/c1-21(2)29-23(4)18-34(12)20-33(11)19-28-27(16-17-32(8,9)10)15-14-22(3)30(28)24(5)31(33)26(7)35(34,13)25(29)6/h14-15H,1,5-6,16-20H2,2-4,7-13H3/t33-,34+,35-/m1/s1. The summed E-state index contributed by atoms with van der Waals surface area (Å²) < 4.78 is 0. The summed E-state index contributed by atoms with van der Waals surface area (Å²) in [5, 5.41) is 0. The number of fused-ring (bicyclic) bond motifs is 3. The summed E-state index contributed by atoms with van der Waals surface area (Å²) in [5.74, 6) is 0. The molecule has 0 radical (unpaired) electrons. The summed E-state index contributed by atoms with van der Waals surface area (Å²) in [6.07, 6.45) is 5.73. The van der Waals surface area contributed by atoms with Crippen molar-refractivity contribution in [3.63, 3.8) is 0 Å². The molecular weight excluding hydrogens is 420 g/mol. The van der Waals surface area contributed by atoms with E-state index in [9.17, 15) is 0 Å². The van der Waals surface area contributed by atoms with Crippen LogP contribution in [-0.4, -0.2) is 0 Å². The van der Waals surface area contributed by atoms with Gasteiger partial charge in [-0.25, -0.2) is 0 Å². The van der Waals surface area contributed by atoms with Crippen LogP contribution in [0.25, 0.3) is 5.57 Å². The first kappa shape index (κ1) is 26.0. The molecule has 35 heavy (non-hydrogen) atoms. The molecular formula is C35H48. The van der Waals surface area contributed by atoms with Crippen molar-refractivity contribution in [3.05, 3.63) is 87.6 Å². The third kappa shape index (κ3) is 3.70. The minimum Gasteiger partial charge on any atom is -0.0955 e. The Hall–Kier alpha value is -2.08. The van der Waals surface area contributed by atoms with E-state index in [1.807, 2.05) is 0 Å². The third-order valence-corrected chi connectivity index (χ3v) is 10.1. The van der Waals surface area contributed by atoms with Crippen LogP contribution in [-0.2, 0) is 12.8 Å². The van der Waals surface area contributed by atoms with E-state index in [1.54, 1.807) is 5.56 Å². The summed E-state index contributed by atoms with van der Waals surface area (Å²) in [7, 11) is 0. The zero-order chi connectivity index (χ0) is 26.3. The van der Waals surface area contributed by atoms with Crippen molar-refractivity contribution < 1.29 is 0 Å². The molecule has 0 aromatic heterocycles. The Morgan fingerprint density at radius 3 is 2.20 bits per heavy atom. The minimum atomic E-state index is -0.0895. The Morgan fingerprint density at radius 1 is 1.00 bits per heavy atom. The second-order valence-electron chi connectivity index (χ2n) is 14.1. The number of rotatable bonds is 3. The van der Waals surface area contributed by atoms with Crippen LogP contribution in [0.4, 0.5) is 0 Å². The van der Waals surface area contributed by atoms with Gasteiger partial charge in [-0.3, -0.25) is 0 Å². The first-order valence-corrected chi connectivity index (χ1v) is 13.5. The van der Waals surface area contributed by atoms with Gasteiger partial charge in [0.25, 0.3) is 0 Å². The van der Waals surface area contributed by atoms with E-state index in [0.29, 0.717) is 5.41 Å². The van der Waals surface area contributed by atoms with Crippen molar-refractivity contribution in [2.75, 3.05) is 0 Å². The maximum atomic E-state index is 4.81. The van der Waals surface area contributed by atoms with Gasteiger partial charge in [0.15, 0.2) is 0 Å². The van der Waals surface area contributed by atoms with Crippen molar-refractivity contribution in [2.45, 2.75) is 101 Å². The van der Waals surface area contributed by atoms with Gasteiger partial charge < -0.3 is 0 Å². The van der Waals surface area contributed by atoms with Crippen LogP contribution in [0, 0.1) is 28.6 Å². The second-order valence-corrected chi connectivity index (χ2v) is 14.1.